The van der Waals surface area contributed by atoms with Crippen LogP contribution in [0.4, 0.5) is 0 Å². The molecule has 0 atom stereocenters. The lowest BCUT2D eigenvalue weighted by Gasteiger charge is -2.28. The Morgan fingerprint density at radius 2 is 1.95 bits per heavy atom. The molecule has 1 aliphatic rings. The third-order valence-corrected chi connectivity index (χ3v) is 5.00. The first-order chi connectivity index (χ1) is 10.5. The summed E-state index contributed by atoms with van der Waals surface area (Å²) in [5.41, 5.74) is 1.88. The molecular weight excluding hydrogens is 292 g/mol. The van der Waals surface area contributed by atoms with Crippen molar-refractivity contribution in [1.29, 1.82) is 0 Å². The van der Waals surface area contributed by atoms with Crippen molar-refractivity contribution in [3.63, 3.8) is 0 Å². The number of thiazole rings is 1. The summed E-state index contributed by atoms with van der Waals surface area (Å²) in [6.45, 7) is 6.04. The minimum atomic E-state index is -0.700. The Bertz CT molecular complexity index is 594. The molecule has 4 heteroatoms. The van der Waals surface area contributed by atoms with Gasteiger partial charge in [0.15, 0.2) is 0 Å². The molecule has 1 heterocycles. The second-order valence-corrected chi connectivity index (χ2v) is 7.94. The number of fused-ring (bicyclic) bond motifs is 1. The standard InChI is InChI=1S/C18H24N2OS/c1-18(2,21)13-20(11-14-7-4-3-5-8-14)12-17-19-15-9-6-10-16(15)22-17/h3-5,7-8,21H,6,9-13H2,1-2H3. The maximum absolute atomic E-state index is 10.2. The van der Waals surface area contributed by atoms with Crippen molar-refractivity contribution in [3.8, 4) is 0 Å². The zero-order valence-electron chi connectivity index (χ0n) is 13.4. The molecule has 0 fully saturated rings. The fourth-order valence-corrected chi connectivity index (χ4v) is 4.26. The molecule has 0 aliphatic heterocycles. The Labute approximate surface area is 136 Å². The lowest BCUT2D eigenvalue weighted by atomic mass is 10.1. The number of rotatable bonds is 6. The lowest BCUT2D eigenvalue weighted by Crippen LogP contribution is -2.37. The summed E-state index contributed by atoms with van der Waals surface area (Å²) < 4.78 is 0. The van der Waals surface area contributed by atoms with E-state index in [4.69, 9.17) is 4.98 Å². The molecule has 3 nitrogen and oxygen atoms in total. The topological polar surface area (TPSA) is 36.4 Å². The predicted octanol–water partition coefficient (Wildman–Crippen LogP) is 3.40. The first-order valence-corrected chi connectivity index (χ1v) is 8.77. The Morgan fingerprint density at radius 1 is 1.18 bits per heavy atom. The summed E-state index contributed by atoms with van der Waals surface area (Å²) in [7, 11) is 0. The molecule has 0 bridgehead atoms. The van der Waals surface area contributed by atoms with Gasteiger partial charge >= 0.3 is 0 Å². The number of hydrogen-bond acceptors (Lipinski definition) is 4. The lowest BCUT2D eigenvalue weighted by molar-refractivity contribution is 0.0306. The third kappa shape index (κ3) is 4.15. The monoisotopic (exact) mass is 316 g/mol. The van der Waals surface area contributed by atoms with Gasteiger partial charge in [0.05, 0.1) is 17.8 Å². The number of aromatic nitrogens is 1. The number of nitrogens with zero attached hydrogens (tertiary/aromatic N) is 2. The average Bonchev–Trinajstić information content (AvgIpc) is 2.98. The van der Waals surface area contributed by atoms with Gasteiger partial charge in [-0.15, -0.1) is 11.3 Å². The van der Waals surface area contributed by atoms with Gasteiger partial charge in [0, 0.05) is 18.0 Å². The molecule has 1 aliphatic carbocycles. The normalized spacial score (nSPS) is 14.5. The van der Waals surface area contributed by atoms with E-state index in [2.05, 4.69) is 29.2 Å². The fourth-order valence-electron chi connectivity index (χ4n) is 3.06. The molecule has 2 aromatic rings. The molecule has 0 radical (unpaired) electrons. The summed E-state index contributed by atoms with van der Waals surface area (Å²) in [6, 6.07) is 10.4. The van der Waals surface area contributed by atoms with Crippen LogP contribution >= 0.6 is 11.3 Å². The molecule has 1 aromatic heterocycles. The maximum Gasteiger partial charge on any atom is 0.107 e. The Morgan fingerprint density at radius 3 is 2.64 bits per heavy atom. The van der Waals surface area contributed by atoms with Crippen molar-refractivity contribution < 1.29 is 5.11 Å². The zero-order chi connectivity index (χ0) is 15.6. The molecule has 0 saturated heterocycles. The molecule has 3 rings (SSSR count). The van der Waals surface area contributed by atoms with Gasteiger partial charge < -0.3 is 5.11 Å². The quantitative estimate of drug-likeness (QED) is 0.887. The summed E-state index contributed by atoms with van der Waals surface area (Å²) in [5.74, 6) is 0. The van der Waals surface area contributed by atoms with Crippen LogP contribution in [-0.2, 0) is 25.9 Å². The molecule has 0 amide bonds. The van der Waals surface area contributed by atoms with Crippen LogP contribution in [0, 0.1) is 0 Å². The number of aliphatic hydroxyl groups is 1. The zero-order valence-corrected chi connectivity index (χ0v) is 14.2. The van der Waals surface area contributed by atoms with Crippen LogP contribution in [0.5, 0.6) is 0 Å². The van der Waals surface area contributed by atoms with Gasteiger partial charge in [0.2, 0.25) is 0 Å². The minimum Gasteiger partial charge on any atom is -0.389 e. The van der Waals surface area contributed by atoms with Crippen molar-refractivity contribution in [3.05, 3.63) is 51.5 Å². The van der Waals surface area contributed by atoms with Gasteiger partial charge in [0.25, 0.3) is 0 Å². The first kappa shape index (κ1) is 15.7. The highest BCUT2D eigenvalue weighted by Crippen LogP contribution is 2.28. The number of benzene rings is 1. The molecule has 0 spiro atoms. The third-order valence-electron chi connectivity index (χ3n) is 3.86. The van der Waals surface area contributed by atoms with Crippen LogP contribution < -0.4 is 0 Å². The van der Waals surface area contributed by atoms with Gasteiger partial charge in [0.1, 0.15) is 5.01 Å². The van der Waals surface area contributed by atoms with E-state index in [-0.39, 0.29) is 0 Å². The average molecular weight is 316 g/mol. The Kier molecular flexibility index (Phi) is 4.62. The molecule has 1 N–H and O–H groups in total. The first-order valence-electron chi connectivity index (χ1n) is 7.96. The molecule has 22 heavy (non-hydrogen) atoms. The van der Waals surface area contributed by atoms with Crippen molar-refractivity contribution >= 4 is 11.3 Å². The van der Waals surface area contributed by atoms with Crippen LogP contribution in [0.25, 0.3) is 0 Å². The van der Waals surface area contributed by atoms with Crippen LogP contribution in [0.2, 0.25) is 0 Å². The number of aryl methyl sites for hydroxylation is 2. The van der Waals surface area contributed by atoms with Gasteiger partial charge in [-0.3, -0.25) is 4.90 Å². The Balaban J connectivity index is 1.72. The smallest absolute Gasteiger partial charge is 0.107 e. The highest BCUT2D eigenvalue weighted by atomic mass is 32.1. The number of hydrogen-bond donors (Lipinski definition) is 1. The van der Waals surface area contributed by atoms with E-state index in [1.807, 2.05) is 31.3 Å². The van der Waals surface area contributed by atoms with Gasteiger partial charge in [-0.2, -0.15) is 0 Å². The van der Waals surface area contributed by atoms with Crippen LogP contribution in [0.1, 0.15) is 41.4 Å². The van der Waals surface area contributed by atoms with E-state index in [1.165, 1.54) is 34.0 Å². The molecule has 1 aromatic carbocycles. The van der Waals surface area contributed by atoms with Crippen LogP contribution in [0.15, 0.2) is 30.3 Å². The van der Waals surface area contributed by atoms with Gasteiger partial charge in [-0.05, 0) is 38.7 Å². The molecule has 0 saturated carbocycles. The van der Waals surface area contributed by atoms with Crippen molar-refractivity contribution in [1.82, 2.24) is 9.88 Å². The van der Waals surface area contributed by atoms with E-state index < -0.39 is 5.60 Å². The second kappa shape index (κ2) is 6.49. The van der Waals surface area contributed by atoms with E-state index in [0.717, 1.165) is 19.5 Å². The Hall–Kier alpha value is -1.23. The minimum absolute atomic E-state index is 0.645. The predicted molar refractivity (Wildman–Crippen MR) is 91.0 cm³/mol. The van der Waals surface area contributed by atoms with E-state index in [1.54, 1.807) is 0 Å². The van der Waals surface area contributed by atoms with Crippen molar-refractivity contribution in [2.24, 2.45) is 0 Å². The second-order valence-electron chi connectivity index (χ2n) is 6.77. The highest BCUT2D eigenvalue weighted by molar-refractivity contribution is 7.11. The van der Waals surface area contributed by atoms with Crippen LogP contribution in [-0.4, -0.2) is 27.1 Å². The summed E-state index contributed by atoms with van der Waals surface area (Å²) >= 11 is 1.85. The maximum atomic E-state index is 10.2. The highest BCUT2D eigenvalue weighted by Gasteiger charge is 2.22. The van der Waals surface area contributed by atoms with Crippen LogP contribution in [0.3, 0.4) is 0 Å². The summed E-state index contributed by atoms with van der Waals surface area (Å²) in [5, 5.41) is 11.4. The molecule has 118 valence electrons. The molecular formula is C18H24N2OS. The largest absolute Gasteiger partial charge is 0.389 e. The van der Waals surface area contributed by atoms with Crippen molar-refractivity contribution in [2.75, 3.05) is 6.54 Å². The van der Waals surface area contributed by atoms with Gasteiger partial charge in [-0.1, -0.05) is 30.3 Å². The van der Waals surface area contributed by atoms with E-state index in [0.29, 0.717) is 6.54 Å². The fraction of sp³-hybridized carbons (Fsp3) is 0.500. The summed E-state index contributed by atoms with van der Waals surface area (Å²) in [4.78, 5) is 8.56. The van der Waals surface area contributed by atoms with E-state index in [9.17, 15) is 5.11 Å². The SMILES string of the molecule is CC(C)(O)CN(Cc1ccccc1)Cc1nc2c(s1)CCC2. The van der Waals surface area contributed by atoms with E-state index >= 15 is 0 Å². The van der Waals surface area contributed by atoms with Crippen molar-refractivity contribution in [2.45, 2.75) is 51.8 Å². The molecule has 0 unspecified atom stereocenters. The summed E-state index contributed by atoms with van der Waals surface area (Å²) in [6.07, 6.45) is 3.58. The van der Waals surface area contributed by atoms with Gasteiger partial charge in [-0.25, -0.2) is 4.98 Å².